The summed E-state index contributed by atoms with van der Waals surface area (Å²) < 4.78 is 42.2. The second kappa shape index (κ2) is 6.20. The molecule has 1 aromatic carbocycles. The average molecular weight is 301 g/mol. The van der Waals surface area contributed by atoms with E-state index in [-0.39, 0.29) is 0 Å². The van der Waals surface area contributed by atoms with Crippen molar-refractivity contribution in [2.75, 3.05) is 13.2 Å². The lowest BCUT2D eigenvalue weighted by atomic mass is 10.3. The molecule has 1 amide bonds. The molecule has 0 aliphatic heterocycles. The summed E-state index contributed by atoms with van der Waals surface area (Å²) in [5.74, 6) is -0.551. The van der Waals surface area contributed by atoms with Crippen LogP contribution >= 0.6 is 0 Å². The number of halogens is 3. The van der Waals surface area contributed by atoms with Crippen molar-refractivity contribution in [3.05, 3.63) is 30.6 Å². The minimum absolute atomic E-state index is 0.310. The summed E-state index contributed by atoms with van der Waals surface area (Å²) in [6, 6.07) is 6.45. The molecular formula is C11H10F3N5O2. The fourth-order valence-electron chi connectivity index (χ4n) is 1.39. The standard InChI is InChI=1S/C11H10F3N5O2/c12-11(13,14)6-15-10(20)5-21-9-3-1-2-8(4-9)19-7-16-17-18-19/h1-4,7H,5-6H2,(H,15,20). The van der Waals surface area contributed by atoms with Gasteiger partial charge in [0.1, 0.15) is 18.6 Å². The number of amides is 1. The Bertz CT molecular complexity index is 600. The van der Waals surface area contributed by atoms with E-state index in [4.69, 9.17) is 4.74 Å². The highest BCUT2D eigenvalue weighted by Gasteiger charge is 2.27. The summed E-state index contributed by atoms with van der Waals surface area (Å²) in [4.78, 5) is 11.2. The highest BCUT2D eigenvalue weighted by atomic mass is 19.4. The zero-order chi connectivity index (χ0) is 15.3. The third-order valence-electron chi connectivity index (χ3n) is 2.29. The molecule has 2 rings (SSSR count). The first-order chi connectivity index (χ1) is 9.94. The molecule has 0 unspecified atom stereocenters. The molecule has 21 heavy (non-hydrogen) atoms. The number of alkyl halides is 3. The Kier molecular flexibility index (Phi) is 4.36. The van der Waals surface area contributed by atoms with Crippen molar-refractivity contribution in [1.29, 1.82) is 0 Å². The van der Waals surface area contributed by atoms with E-state index in [0.29, 0.717) is 11.4 Å². The van der Waals surface area contributed by atoms with Crippen molar-refractivity contribution in [2.24, 2.45) is 0 Å². The predicted molar refractivity (Wildman–Crippen MR) is 63.7 cm³/mol. The van der Waals surface area contributed by atoms with E-state index < -0.39 is 25.2 Å². The van der Waals surface area contributed by atoms with Crippen LogP contribution in [0.15, 0.2) is 30.6 Å². The van der Waals surface area contributed by atoms with Crippen LogP contribution in [0.2, 0.25) is 0 Å². The Morgan fingerprint density at radius 2 is 2.19 bits per heavy atom. The van der Waals surface area contributed by atoms with Gasteiger partial charge in [0.25, 0.3) is 5.91 Å². The molecule has 1 aromatic heterocycles. The molecule has 10 heteroatoms. The van der Waals surface area contributed by atoms with Gasteiger partial charge in [-0.25, -0.2) is 4.68 Å². The Balaban J connectivity index is 1.89. The van der Waals surface area contributed by atoms with Crippen LogP contribution in [0.3, 0.4) is 0 Å². The van der Waals surface area contributed by atoms with Gasteiger partial charge in [-0.2, -0.15) is 13.2 Å². The average Bonchev–Trinajstić information content (AvgIpc) is 2.96. The molecule has 7 nitrogen and oxygen atoms in total. The molecule has 0 saturated heterocycles. The van der Waals surface area contributed by atoms with Crippen LogP contribution in [0, 0.1) is 0 Å². The van der Waals surface area contributed by atoms with Gasteiger partial charge in [0.2, 0.25) is 0 Å². The summed E-state index contributed by atoms with van der Waals surface area (Å²) in [6.45, 7) is -1.91. The topological polar surface area (TPSA) is 81.9 Å². The molecule has 1 N–H and O–H groups in total. The van der Waals surface area contributed by atoms with Crippen LogP contribution in [0.1, 0.15) is 0 Å². The van der Waals surface area contributed by atoms with Gasteiger partial charge in [-0.1, -0.05) is 6.07 Å². The van der Waals surface area contributed by atoms with Crippen LogP contribution in [-0.2, 0) is 4.79 Å². The molecule has 0 bridgehead atoms. The van der Waals surface area contributed by atoms with Gasteiger partial charge < -0.3 is 10.1 Å². The van der Waals surface area contributed by atoms with Gasteiger partial charge >= 0.3 is 6.18 Å². The van der Waals surface area contributed by atoms with Crippen LogP contribution in [-0.4, -0.2) is 45.4 Å². The molecule has 1 heterocycles. The van der Waals surface area contributed by atoms with E-state index in [1.807, 2.05) is 0 Å². The molecule has 0 spiro atoms. The molecule has 0 atom stereocenters. The number of tetrazole rings is 1. The van der Waals surface area contributed by atoms with E-state index in [0.717, 1.165) is 0 Å². The highest BCUT2D eigenvalue weighted by molar-refractivity contribution is 5.77. The number of hydrogen-bond donors (Lipinski definition) is 1. The summed E-state index contributed by atoms with van der Waals surface area (Å²) in [6.07, 6.45) is -3.08. The first-order valence-corrected chi connectivity index (χ1v) is 5.74. The molecule has 0 radical (unpaired) electrons. The molecule has 0 saturated carbocycles. The van der Waals surface area contributed by atoms with E-state index >= 15 is 0 Å². The third-order valence-corrected chi connectivity index (χ3v) is 2.29. The van der Waals surface area contributed by atoms with Gasteiger partial charge in [-0.3, -0.25) is 4.79 Å². The number of benzene rings is 1. The second-order valence-corrected chi connectivity index (χ2v) is 3.93. The number of aromatic nitrogens is 4. The summed E-state index contributed by atoms with van der Waals surface area (Å²) >= 11 is 0. The zero-order valence-corrected chi connectivity index (χ0v) is 10.5. The summed E-state index contributed by atoms with van der Waals surface area (Å²) in [5.41, 5.74) is 0.591. The first kappa shape index (κ1) is 14.8. The Hall–Kier alpha value is -2.65. The van der Waals surface area contributed by atoms with E-state index in [1.165, 1.54) is 11.0 Å². The smallest absolute Gasteiger partial charge is 0.405 e. The lowest BCUT2D eigenvalue weighted by molar-refractivity contribution is -0.139. The monoisotopic (exact) mass is 301 g/mol. The van der Waals surface area contributed by atoms with Crippen LogP contribution in [0.5, 0.6) is 5.75 Å². The fraction of sp³-hybridized carbons (Fsp3) is 0.273. The SMILES string of the molecule is O=C(COc1cccc(-n2cnnn2)c1)NCC(F)(F)F. The molecule has 112 valence electrons. The lowest BCUT2D eigenvalue weighted by Crippen LogP contribution is -2.36. The maximum atomic E-state index is 11.9. The third kappa shape index (κ3) is 4.75. The number of rotatable bonds is 5. The van der Waals surface area contributed by atoms with Gasteiger partial charge in [0.05, 0.1) is 5.69 Å². The summed E-state index contributed by atoms with van der Waals surface area (Å²) in [7, 11) is 0. The van der Waals surface area contributed by atoms with Crippen LogP contribution in [0.25, 0.3) is 5.69 Å². The van der Waals surface area contributed by atoms with Gasteiger partial charge in [0.15, 0.2) is 6.61 Å². The van der Waals surface area contributed by atoms with E-state index in [1.54, 1.807) is 29.6 Å². The van der Waals surface area contributed by atoms with Crippen LogP contribution in [0.4, 0.5) is 13.2 Å². The fourth-order valence-corrected chi connectivity index (χ4v) is 1.39. The Morgan fingerprint density at radius 1 is 1.38 bits per heavy atom. The minimum atomic E-state index is -4.45. The first-order valence-electron chi connectivity index (χ1n) is 5.74. The normalized spacial score (nSPS) is 11.2. The number of nitrogens with zero attached hydrogens (tertiary/aromatic N) is 4. The number of carbonyl (C=O) groups is 1. The van der Waals surface area contributed by atoms with Crippen molar-refractivity contribution in [3.8, 4) is 11.4 Å². The largest absolute Gasteiger partial charge is 0.484 e. The maximum Gasteiger partial charge on any atom is 0.405 e. The van der Waals surface area contributed by atoms with Crippen LogP contribution < -0.4 is 10.1 Å². The van der Waals surface area contributed by atoms with Gasteiger partial charge in [-0.15, -0.1) is 5.10 Å². The number of carbonyl (C=O) groups excluding carboxylic acids is 1. The predicted octanol–water partition coefficient (Wildman–Crippen LogP) is 0.720. The van der Waals surface area contributed by atoms with Crippen molar-refractivity contribution in [3.63, 3.8) is 0 Å². The highest BCUT2D eigenvalue weighted by Crippen LogP contribution is 2.15. The van der Waals surface area contributed by atoms with Crippen molar-refractivity contribution < 1.29 is 22.7 Å². The van der Waals surface area contributed by atoms with E-state index in [2.05, 4.69) is 15.5 Å². The lowest BCUT2D eigenvalue weighted by Gasteiger charge is -2.10. The van der Waals surface area contributed by atoms with Gasteiger partial charge in [0, 0.05) is 6.07 Å². The van der Waals surface area contributed by atoms with E-state index in [9.17, 15) is 18.0 Å². The maximum absolute atomic E-state index is 11.9. The Morgan fingerprint density at radius 3 is 2.86 bits per heavy atom. The Labute approximate surface area is 116 Å². The number of nitrogens with one attached hydrogen (secondary N) is 1. The number of ether oxygens (including phenoxy) is 1. The quantitative estimate of drug-likeness (QED) is 0.880. The molecule has 2 aromatic rings. The van der Waals surface area contributed by atoms with Crippen molar-refractivity contribution in [2.45, 2.75) is 6.18 Å². The molecular weight excluding hydrogens is 291 g/mol. The van der Waals surface area contributed by atoms with Crippen molar-refractivity contribution >= 4 is 5.91 Å². The molecule has 0 aliphatic carbocycles. The molecule has 0 fully saturated rings. The molecule has 0 aliphatic rings. The second-order valence-electron chi connectivity index (χ2n) is 3.93. The van der Waals surface area contributed by atoms with Crippen molar-refractivity contribution in [1.82, 2.24) is 25.5 Å². The minimum Gasteiger partial charge on any atom is -0.484 e. The van der Waals surface area contributed by atoms with Gasteiger partial charge in [-0.05, 0) is 22.6 Å². The summed E-state index contributed by atoms with van der Waals surface area (Å²) in [5, 5.41) is 12.3. The zero-order valence-electron chi connectivity index (χ0n) is 10.5. The number of hydrogen-bond acceptors (Lipinski definition) is 5.